The van der Waals surface area contributed by atoms with Gasteiger partial charge >= 0.3 is 0 Å². The second-order valence-electron chi connectivity index (χ2n) is 6.43. The first-order valence-electron chi connectivity index (χ1n) is 7.34. The van der Waals surface area contributed by atoms with E-state index >= 15 is 0 Å². The number of hydrogen-bond donors (Lipinski definition) is 0. The first-order chi connectivity index (χ1) is 9.59. The lowest BCUT2D eigenvalue weighted by molar-refractivity contribution is -0.142. The zero-order chi connectivity index (χ0) is 14.0. The molecule has 0 radical (unpaired) electrons. The number of ether oxygens (including phenoxy) is 1. The van der Waals surface area contributed by atoms with Crippen molar-refractivity contribution in [3.05, 3.63) is 0 Å². The largest absolute Gasteiger partial charge is 0.376 e. The molecular formula is C14H17Br2NO3. The van der Waals surface area contributed by atoms with Gasteiger partial charge in [0.1, 0.15) is 0 Å². The molecule has 2 amide bonds. The lowest BCUT2D eigenvalue weighted by Crippen LogP contribution is -2.38. The number of hydrogen-bond acceptors (Lipinski definition) is 3. The molecule has 2 aliphatic heterocycles. The van der Waals surface area contributed by atoms with Crippen LogP contribution in [0.1, 0.15) is 19.3 Å². The average molecular weight is 407 g/mol. The van der Waals surface area contributed by atoms with Crippen LogP contribution in [0.4, 0.5) is 0 Å². The molecule has 4 aliphatic rings. The summed E-state index contributed by atoms with van der Waals surface area (Å²) in [6, 6.07) is 0. The van der Waals surface area contributed by atoms with Gasteiger partial charge in [-0.1, -0.05) is 31.9 Å². The van der Waals surface area contributed by atoms with Crippen LogP contribution in [-0.2, 0) is 14.3 Å². The van der Waals surface area contributed by atoms with Crippen molar-refractivity contribution in [1.82, 2.24) is 4.90 Å². The summed E-state index contributed by atoms with van der Waals surface area (Å²) in [7, 11) is 0. The zero-order valence-corrected chi connectivity index (χ0v) is 14.2. The first-order valence-corrected chi connectivity index (χ1v) is 9.17. The van der Waals surface area contributed by atoms with Crippen molar-refractivity contribution in [3.63, 3.8) is 0 Å². The summed E-state index contributed by atoms with van der Waals surface area (Å²) in [6.07, 6.45) is 3.04. The van der Waals surface area contributed by atoms with Crippen molar-refractivity contribution in [1.29, 1.82) is 0 Å². The summed E-state index contributed by atoms with van der Waals surface area (Å²) in [4.78, 5) is 27.4. The zero-order valence-electron chi connectivity index (χ0n) is 11.0. The standard InChI is InChI=1S/C14H17Br2NO3/c15-11-7-4-8(12(11)16)10-9(7)13(18)17(14(10)19)5-6-2-1-3-20-6/h6-12H,1-5H2/t6-,7+,8+,9+,10+,11+,12+/m0/s1. The van der Waals surface area contributed by atoms with Crippen LogP contribution >= 0.6 is 31.9 Å². The minimum Gasteiger partial charge on any atom is -0.376 e. The third-order valence-electron chi connectivity index (χ3n) is 5.49. The van der Waals surface area contributed by atoms with Crippen LogP contribution in [0.5, 0.6) is 0 Å². The van der Waals surface area contributed by atoms with Crippen molar-refractivity contribution in [2.45, 2.75) is 35.0 Å². The van der Waals surface area contributed by atoms with Crippen LogP contribution in [-0.4, -0.2) is 45.6 Å². The Kier molecular flexibility index (Phi) is 3.28. The maximum Gasteiger partial charge on any atom is 0.233 e. The molecule has 0 unspecified atom stereocenters. The van der Waals surface area contributed by atoms with E-state index in [2.05, 4.69) is 31.9 Å². The van der Waals surface area contributed by atoms with Crippen molar-refractivity contribution in [2.75, 3.05) is 13.2 Å². The summed E-state index contributed by atoms with van der Waals surface area (Å²) in [5.41, 5.74) is 0. The fraction of sp³-hybridized carbons (Fsp3) is 0.857. The van der Waals surface area contributed by atoms with Gasteiger partial charge in [0.05, 0.1) is 24.5 Å². The monoisotopic (exact) mass is 405 g/mol. The van der Waals surface area contributed by atoms with E-state index in [1.54, 1.807) is 0 Å². The Hall–Kier alpha value is 0.0600. The molecule has 0 aromatic carbocycles. The van der Waals surface area contributed by atoms with Crippen molar-refractivity contribution < 1.29 is 14.3 Å². The van der Waals surface area contributed by atoms with Gasteiger partial charge in [0, 0.05) is 16.3 Å². The highest BCUT2D eigenvalue weighted by molar-refractivity contribution is 9.12. The van der Waals surface area contributed by atoms with Crippen LogP contribution in [0.3, 0.4) is 0 Å². The molecule has 0 spiro atoms. The molecule has 0 aromatic heterocycles. The minimum absolute atomic E-state index is 0.0480. The average Bonchev–Trinajstić information content (AvgIpc) is 3.15. The molecule has 2 saturated heterocycles. The van der Waals surface area contributed by atoms with Gasteiger partial charge in [-0.15, -0.1) is 0 Å². The summed E-state index contributed by atoms with van der Waals surface area (Å²) in [5, 5.41) is 0. The second kappa shape index (κ2) is 4.78. The van der Waals surface area contributed by atoms with E-state index < -0.39 is 0 Å². The van der Waals surface area contributed by atoms with Gasteiger partial charge in [-0.25, -0.2) is 0 Å². The second-order valence-corrected chi connectivity index (χ2v) is 8.54. The van der Waals surface area contributed by atoms with E-state index in [0.29, 0.717) is 28.0 Å². The van der Waals surface area contributed by atoms with Gasteiger partial charge in [-0.2, -0.15) is 0 Å². The molecule has 2 bridgehead atoms. The number of amides is 2. The van der Waals surface area contributed by atoms with Crippen molar-refractivity contribution in [3.8, 4) is 0 Å². The van der Waals surface area contributed by atoms with E-state index in [9.17, 15) is 9.59 Å². The van der Waals surface area contributed by atoms with Crippen molar-refractivity contribution >= 4 is 43.7 Å². The van der Waals surface area contributed by atoms with Gasteiger partial charge < -0.3 is 4.74 Å². The normalized spacial score (nSPS) is 50.3. The maximum absolute atomic E-state index is 12.6. The fourth-order valence-electron chi connectivity index (χ4n) is 4.58. The highest BCUT2D eigenvalue weighted by Gasteiger charge is 2.66. The molecule has 4 nitrogen and oxygen atoms in total. The number of alkyl halides is 2. The third kappa shape index (κ3) is 1.73. The van der Waals surface area contributed by atoms with E-state index in [-0.39, 0.29) is 29.8 Å². The third-order valence-corrected chi connectivity index (χ3v) is 8.70. The predicted molar refractivity (Wildman–Crippen MR) is 79.7 cm³/mol. The predicted octanol–water partition coefficient (Wildman–Crippen LogP) is 1.94. The highest BCUT2D eigenvalue weighted by atomic mass is 79.9. The Morgan fingerprint density at radius 3 is 2.20 bits per heavy atom. The summed E-state index contributed by atoms with van der Waals surface area (Å²) in [5.74, 6) is 0.526. The lowest BCUT2D eigenvalue weighted by atomic mass is 9.81. The van der Waals surface area contributed by atoms with Crippen molar-refractivity contribution in [2.24, 2.45) is 23.7 Å². The number of nitrogens with zero attached hydrogens (tertiary/aromatic N) is 1. The molecule has 20 heavy (non-hydrogen) atoms. The van der Waals surface area contributed by atoms with Crippen LogP contribution in [0, 0.1) is 23.7 Å². The number of fused-ring (bicyclic) bond motifs is 5. The molecule has 2 aliphatic carbocycles. The Morgan fingerprint density at radius 1 is 1.10 bits per heavy atom. The highest BCUT2D eigenvalue weighted by Crippen LogP contribution is 2.60. The smallest absolute Gasteiger partial charge is 0.233 e. The van der Waals surface area contributed by atoms with Crippen LogP contribution in [0.25, 0.3) is 0 Å². The Balaban J connectivity index is 1.57. The number of rotatable bonds is 2. The first kappa shape index (κ1) is 13.7. The minimum atomic E-state index is -0.0907. The molecule has 0 aromatic rings. The van der Waals surface area contributed by atoms with E-state index in [0.717, 1.165) is 25.9 Å². The van der Waals surface area contributed by atoms with Crippen LogP contribution < -0.4 is 0 Å². The number of halogens is 2. The van der Waals surface area contributed by atoms with Gasteiger partial charge in [-0.05, 0) is 31.1 Å². The molecule has 0 N–H and O–H groups in total. The molecule has 110 valence electrons. The van der Waals surface area contributed by atoms with Gasteiger partial charge in [0.2, 0.25) is 11.8 Å². The maximum atomic E-state index is 12.6. The SMILES string of the molecule is O=C1[C@@H]2[C@H]3C[C@@H]([C@@H](Br)[C@@H]3Br)[C@H]2C(=O)N1C[C@@H]1CCCO1. The van der Waals surface area contributed by atoms with Gasteiger partial charge in [0.25, 0.3) is 0 Å². The van der Waals surface area contributed by atoms with Crippen LogP contribution in [0.2, 0.25) is 0 Å². The van der Waals surface area contributed by atoms with E-state index in [4.69, 9.17) is 4.74 Å². The molecule has 7 atom stereocenters. The summed E-state index contributed by atoms with van der Waals surface area (Å²) >= 11 is 7.40. The summed E-state index contributed by atoms with van der Waals surface area (Å²) in [6.45, 7) is 1.22. The number of carbonyl (C=O) groups excluding carboxylic acids is 2. The Morgan fingerprint density at radius 2 is 1.70 bits per heavy atom. The van der Waals surface area contributed by atoms with E-state index in [1.807, 2.05) is 0 Å². The molecular weight excluding hydrogens is 390 g/mol. The molecule has 4 rings (SSSR count). The number of imide groups is 1. The molecule has 2 heterocycles. The molecule has 4 fully saturated rings. The molecule has 6 heteroatoms. The summed E-state index contributed by atoms with van der Waals surface area (Å²) < 4.78 is 5.58. The lowest BCUT2D eigenvalue weighted by Gasteiger charge is -2.28. The Labute approximate surface area is 134 Å². The van der Waals surface area contributed by atoms with Gasteiger partial charge in [0.15, 0.2) is 0 Å². The Bertz CT molecular complexity index is 433. The topological polar surface area (TPSA) is 46.6 Å². The number of carbonyl (C=O) groups is 2. The number of likely N-dealkylation sites (tertiary alicyclic amines) is 1. The quantitative estimate of drug-likeness (QED) is 0.520. The van der Waals surface area contributed by atoms with E-state index in [1.165, 1.54) is 4.90 Å². The fourth-order valence-corrected chi connectivity index (χ4v) is 6.46. The van der Waals surface area contributed by atoms with Gasteiger partial charge in [-0.3, -0.25) is 14.5 Å². The molecule has 2 saturated carbocycles. The van der Waals surface area contributed by atoms with Crippen LogP contribution in [0.15, 0.2) is 0 Å².